The lowest BCUT2D eigenvalue weighted by Gasteiger charge is -2.08. The SMILES string of the molecule is CC(CN)CSC(C)C. The maximum absolute atomic E-state index is 5.44. The molecule has 0 fully saturated rings. The van der Waals surface area contributed by atoms with Crippen LogP contribution in [-0.4, -0.2) is 17.5 Å². The number of rotatable bonds is 4. The molecule has 0 aromatic heterocycles. The van der Waals surface area contributed by atoms with Crippen molar-refractivity contribution in [3.63, 3.8) is 0 Å². The first kappa shape index (κ1) is 9.31. The van der Waals surface area contributed by atoms with Crippen molar-refractivity contribution in [2.45, 2.75) is 26.0 Å². The van der Waals surface area contributed by atoms with Crippen molar-refractivity contribution >= 4 is 11.8 Å². The second-order valence-corrected chi connectivity index (χ2v) is 4.33. The molecule has 0 heterocycles. The molecule has 1 nitrogen and oxygen atoms in total. The van der Waals surface area contributed by atoms with E-state index in [2.05, 4.69) is 20.8 Å². The van der Waals surface area contributed by atoms with Gasteiger partial charge in [0, 0.05) is 0 Å². The van der Waals surface area contributed by atoms with Crippen molar-refractivity contribution in [3.05, 3.63) is 0 Å². The monoisotopic (exact) mass is 147 g/mol. The molecule has 0 aliphatic rings. The van der Waals surface area contributed by atoms with Gasteiger partial charge in [0.15, 0.2) is 0 Å². The van der Waals surface area contributed by atoms with Gasteiger partial charge in [0.1, 0.15) is 0 Å². The van der Waals surface area contributed by atoms with Crippen LogP contribution in [0.2, 0.25) is 0 Å². The van der Waals surface area contributed by atoms with E-state index < -0.39 is 0 Å². The molecule has 0 radical (unpaired) electrons. The van der Waals surface area contributed by atoms with Crippen molar-refractivity contribution in [2.75, 3.05) is 12.3 Å². The van der Waals surface area contributed by atoms with Crippen molar-refractivity contribution in [2.24, 2.45) is 11.7 Å². The minimum atomic E-state index is 0.678. The zero-order valence-corrected chi connectivity index (χ0v) is 7.37. The van der Waals surface area contributed by atoms with Crippen LogP contribution in [0.15, 0.2) is 0 Å². The molecule has 2 heteroatoms. The van der Waals surface area contributed by atoms with Crippen LogP contribution in [0.4, 0.5) is 0 Å². The summed E-state index contributed by atoms with van der Waals surface area (Å²) in [6.07, 6.45) is 0. The van der Waals surface area contributed by atoms with Crippen molar-refractivity contribution in [3.8, 4) is 0 Å². The summed E-state index contributed by atoms with van der Waals surface area (Å²) in [5, 5.41) is 0.749. The van der Waals surface area contributed by atoms with Crippen molar-refractivity contribution in [1.29, 1.82) is 0 Å². The second-order valence-electron chi connectivity index (χ2n) is 2.72. The average Bonchev–Trinajstić information content (AvgIpc) is 1.83. The van der Waals surface area contributed by atoms with E-state index in [1.807, 2.05) is 11.8 Å². The Labute approximate surface area is 62.4 Å². The molecule has 0 amide bonds. The highest BCUT2D eigenvalue weighted by molar-refractivity contribution is 7.99. The van der Waals surface area contributed by atoms with Crippen LogP contribution in [-0.2, 0) is 0 Å². The van der Waals surface area contributed by atoms with Gasteiger partial charge < -0.3 is 5.73 Å². The fourth-order valence-corrected chi connectivity index (χ4v) is 1.27. The maximum Gasteiger partial charge on any atom is -0.000957 e. The molecule has 0 rings (SSSR count). The van der Waals surface area contributed by atoms with E-state index in [0.717, 1.165) is 11.8 Å². The Morgan fingerprint density at radius 3 is 2.22 bits per heavy atom. The molecule has 0 aliphatic heterocycles. The Hall–Kier alpha value is 0.310. The molecule has 0 saturated heterocycles. The lowest BCUT2D eigenvalue weighted by atomic mass is 10.2. The standard InChI is InChI=1S/C7H17NS/c1-6(2)9-5-7(3)4-8/h6-7H,4-5,8H2,1-3H3. The lowest BCUT2D eigenvalue weighted by Crippen LogP contribution is -2.13. The Bertz CT molecular complexity index is 63.9. The van der Waals surface area contributed by atoms with Crippen LogP contribution in [0.5, 0.6) is 0 Å². The molecule has 0 aromatic rings. The summed E-state index contributed by atoms with van der Waals surface area (Å²) in [5.74, 6) is 1.88. The van der Waals surface area contributed by atoms with Gasteiger partial charge in [-0.2, -0.15) is 11.8 Å². The highest BCUT2D eigenvalue weighted by Crippen LogP contribution is 2.12. The van der Waals surface area contributed by atoms with E-state index in [-0.39, 0.29) is 0 Å². The highest BCUT2D eigenvalue weighted by Gasteiger charge is 1.99. The van der Waals surface area contributed by atoms with E-state index in [1.54, 1.807) is 0 Å². The fraction of sp³-hybridized carbons (Fsp3) is 1.00. The van der Waals surface area contributed by atoms with Gasteiger partial charge in [-0.15, -0.1) is 0 Å². The van der Waals surface area contributed by atoms with Gasteiger partial charge in [-0.25, -0.2) is 0 Å². The molecule has 1 unspecified atom stereocenters. The Balaban J connectivity index is 3.06. The molecule has 0 saturated carbocycles. The van der Waals surface area contributed by atoms with Crippen LogP contribution in [0.1, 0.15) is 20.8 Å². The highest BCUT2D eigenvalue weighted by atomic mass is 32.2. The predicted molar refractivity (Wildman–Crippen MR) is 45.8 cm³/mol. The predicted octanol–water partition coefficient (Wildman–Crippen LogP) is 1.72. The van der Waals surface area contributed by atoms with E-state index >= 15 is 0 Å². The summed E-state index contributed by atoms with van der Waals surface area (Å²) in [6, 6.07) is 0. The fourth-order valence-electron chi connectivity index (χ4n) is 0.425. The molecule has 9 heavy (non-hydrogen) atoms. The zero-order valence-electron chi connectivity index (χ0n) is 6.55. The minimum Gasteiger partial charge on any atom is -0.330 e. The number of nitrogens with two attached hydrogens (primary N) is 1. The van der Waals surface area contributed by atoms with Gasteiger partial charge in [-0.1, -0.05) is 20.8 Å². The van der Waals surface area contributed by atoms with E-state index in [0.29, 0.717) is 5.92 Å². The third-order valence-electron chi connectivity index (χ3n) is 1.12. The summed E-state index contributed by atoms with van der Waals surface area (Å²) in [5.41, 5.74) is 5.44. The number of thioether (sulfide) groups is 1. The molecular weight excluding hydrogens is 130 g/mol. The summed E-state index contributed by atoms with van der Waals surface area (Å²) >= 11 is 1.98. The first-order valence-corrected chi connectivity index (χ1v) is 4.53. The summed E-state index contributed by atoms with van der Waals surface area (Å²) in [4.78, 5) is 0. The molecule has 0 bridgehead atoms. The summed E-state index contributed by atoms with van der Waals surface area (Å²) in [7, 11) is 0. The van der Waals surface area contributed by atoms with Crippen molar-refractivity contribution < 1.29 is 0 Å². The Morgan fingerprint density at radius 2 is 1.89 bits per heavy atom. The summed E-state index contributed by atoms with van der Waals surface area (Å²) < 4.78 is 0. The van der Waals surface area contributed by atoms with Gasteiger partial charge in [-0.3, -0.25) is 0 Å². The van der Waals surface area contributed by atoms with E-state index in [4.69, 9.17) is 5.73 Å². The van der Waals surface area contributed by atoms with E-state index in [9.17, 15) is 0 Å². The first-order chi connectivity index (χ1) is 4.16. The normalized spacial score (nSPS) is 14.3. The van der Waals surface area contributed by atoms with Gasteiger partial charge in [0.05, 0.1) is 0 Å². The third-order valence-corrected chi connectivity index (χ3v) is 2.54. The topological polar surface area (TPSA) is 26.0 Å². The number of hydrogen-bond acceptors (Lipinski definition) is 2. The van der Waals surface area contributed by atoms with Crippen LogP contribution >= 0.6 is 11.8 Å². The van der Waals surface area contributed by atoms with Crippen LogP contribution in [0.25, 0.3) is 0 Å². The molecule has 1 atom stereocenters. The quantitative estimate of drug-likeness (QED) is 0.655. The Morgan fingerprint density at radius 1 is 1.33 bits per heavy atom. The van der Waals surface area contributed by atoms with Crippen LogP contribution in [0, 0.1) is 5.92 Å². The smallest absolute Gasteiger partial charge is 0.000957 e. The molecule has 0 aromatic carbocycles. The molecule has 0 aliphatic carbocycles. The van der Waals surface area contributed by atoms with Crippen molar-refractivity contribution in [1.82, 2.24) is 0 Å². The maximum atomic E-state index is 5.44. The van der Waals surface area contributed by atoms with Gasteiger partial charge >= 0.3 is 0 Å². The number of hydrogen-bond donors (Lipinski definition) is 1. The largest absolute Gasteiger partial charge is 0.330 e. The van der Waals surface area contributed by atoms with Gasteiger partial charge in [0.25, 0.3) is 0 Å². The average molecular weight is 147 g/mol. The van der Waals surface area contributed by atoms with Crippen LogP contribution < -0.4 is 5.73 Å². The molecule has 0 spiro atoms. The third kappa shape index (κ3) is 6.19. The molecule has 56 valence electrons. The van der Waals surface area contributed by atoms with Crippen LogP contribution in [0.3, 0.4) is 0 Å². The minimum absolute atomic E-state index is 0.678. The van der Waals surface area contributed by atoms with E-state index in [1.165, 1.54) is 5.75 Å². The molecule has 2 N–H and O–H groups in total. The second kappa shape index (κ2) is 5.12. The van der Waals surface area contributed by atoms with Gasteiger partial charge in [-0.05, 0) is 23.5 Å². The Kier molecular flexibility index (Phi) is 5.30. The molecular formula is C7H17NS. The van der Waals surface area contributed by atoms with Gasteiger partial charge in [0.2, 0.25) is 0 Å². The first-order valence-electron chi connectivity index (χ1n) is 3.48. The lowest BCUT2D eigenvalue weighted by molar-refractivity contribution is 0.674. The summed E-state index contributed by atoms with van der Waals surface area (Å²) in [6.45, 7) is 7.44. The zero-order chi connectivity index (χ0) is 7.28.